The van der Waals surface area contributed by atoms with E-state index < -0.39 is 12.1 Å². The van der Waals surface area contributed by atoms with Crippen LogP contribution in [0.25, 0.3) is 0 Å². The molecule has 0 aliphatic rings. The molecule has 1 atom stereocenters. The van der Waals surface area contributed by atoms with Crippen molar-refractivity contribution in [2.75, 3.05) is 6.61 Å². The normalized spacial score (nSPS) is 12.0. The molecule has 0 aromatic carbocycles. The van der Waals surface area contributed by atoms with Crippen LogP contribution >= 0.6 is 11.6 Å². The van der Waals surface area contributed by atoms with E-state index >= 15 is 0 Å². The van der Waals surface area contributed by atoms with Crippen LogP contribution in [0.2, 0.25) is 5.15 Å². The monoisotopic (exact) mass is 255 g/mol. The van der Waals surface area contributed by atoms with Crippen LogP contribution in [-0.4, -0.2) is 22.7 Å². The largest absolute Gasteiger partial charge is 0.463 e. The van der Waals surface area contributed by atoms with Gasteiger partial charge in [-0.25, -0.2) is 9.78 Å². The number of hydrogen-bond donors (Lipinski definition) is 1. The summed E-state index contributed by atoms with van der Waals surface area (Å²) in [6, 6.07) is 1.66. The topological polar surface area (TPSA) is 59.4 Å². The Balaban J connectivity index is 2.96. The van der Waals surface area contributed by atoms with Crippen LogP contribution in [-0.2, 0) is 9.53 Å². The third-order valence-corrected chi connectivity index (χ3v) is 2.48. The number of aliphatic hydroxyl groups excluding tert-OH is 1. The molecule has 0 bridgehead atoms. The second kappa shape index (κ2) is 5.80. The van der Waals surface area contributed by atoms with Crippen LogP contribution in [0.4, 0.5) is 0 Å². The van der Waals surface area contributed by atoms with Gasteiger partial charge in [-0.1, -0.05) is 18.2 Å². The van der Waals surface area contributed by atoms with Crippen molar-refractivity contribution >= 4 is 17.6 Å². The van der Waals surface area contributed by atoms with Gasteiger partial charge in [-0.15, -0.1) is 0 Å². The van der Waals surface area contributed by atoms with Gasteiger partial charge in [-0.05, 0) is 25.5 Å². The summed E-state index contributed by atoms with van der Waals surface area (Å²) in [5, 5.41) is 10.1. The number of nitrogens with zero attached hydrogens (tertiary/aromatic N) is 1. The molecule has 1 aromatic rings. The summed E-state index contributed by atoms with van der Waals surface area (Å²) in [4.78, 5) is 15.3. The first-order valence-corrected chi connectivity index (χ1v) is 5.51. The van der Waals surface area contributed by atoms with E-state index in [2.05, 4.69) is 11.6 Å². The second-order valence-electron chi connectivity index (χ2n) is 3.54. The Morgan fingerprint density at radius 2 is 2.35 bits per heavy atom. The van der Waals surface area contributed by atoms with E-state index in [0.717, 1.165) is 5.56 Å². The van der Waals surface area contributed by atoms with Gasteiger partial charge in [0.15, 0.2) is 0 Å². The van der Waals surface area contributed by atoms with Gasteiger partial charge in [0, 0.05) is 11.8 Å². The van der Waals surface area contributed by atoms with Crippen molar-refractivity contribution in [1.29, 1.82) is 0 Å². The van der Waals surface area contributed by atoms with Crippen LogP contribution in [0.3, 0.4) is 0 Å². The molecule has 92 valence electrons. The number of halogens is 1. The molecule has 0 radical (unpaired) electrons. The lowest BCUT2D eigenvalue weighted by Crippen LogP contribution is -2.14. The van der Waals surface area contributed by atoms with E-state index in [-0.39, 0.29) is 17.3 Å². The van der Waals surface area contributed by atoms with E-state index in [1.807, 2.05) is 6.92 Å². The molecule has 1 aromatic heterocycles. The fourth-order valence-electron chi connectivity index (χ4n) is 1.29. The number of ether oxygens (including phenoxy) is 1. The van der Waals surface area contributed by atoms with Gasteiger partial charge in [-0.3, -0.25) is 0 Å². The van der Waals surface area contributed by atoms with Crippen LogP contribution in [0.5, 0.6) is 0 Å². The first kappa shape index (κ1) is 13.7. The van der Waals surface area contributed by atoms with Gasteiger partial charge in [-0.2, -0.15) is 0 Å². The van der Waals surface area contributed by atoms with Crippen LogP contribution in [0.1, 0.15) is 24.2 Å². The maximum absolute atomic E-state index is 11.4. The first-order chi connectivity index (χ1) is 7.97. The molecule has 1 heterocycles. The molecule has 1 N–H and O–H groups in total. The van der Waals surface area contributed by atoms with Gasteiger partial charge in [0.05, 0.1) is 12.2 Å². The van der Waals surface area contributed by atoms with E-state index in [4.69, 9.17) is 16.3 Å². The number of aliphatic hydroxyl groups is 1. The smallest absolute Gasteiger partial charge is 0.336 e. The molecular formula is C12H14ClNO3. The highest BCUT2D eigenvalue weighted by Gasteiger charge is 2.22. The summed E-state index contributed by atoms with van der Waals surface area (Å²) in [5.41, 5.74) is 1.13. The molecule has 5 heteroatoms. The van der Waals surface area contributed by atoms with Crippen molar-refractivity contribution < 1.29 is 14.6 Å². The zero-order chi connectivity index (χ0) is 13.0. The maximum Gasteiger partial charge on any atom is 0.336 e. The Hall–Kier alpha value is -1.39. The molecule has 1 rings (SSSR count). The Kier molecular flexibility index (Phi) is 4.66. The van der Waals surface area contributed by atoms with Gasteiger partial charge in [0.2, 0.25) is 0 Å². The molecule has 17 heavy (non-hydrogen) atoms. The summed E-state index contributed by atoms with van der Waals surface area (Å²) >= 11 is 5.85. The molecule has 0 fully saturated rings. The molecule has 0 spiro atoms. The van der Waals surface area contributed by atoms with Gasteiger partial charge >= 0.3 is 5.97 Å². The summed E-state index contributed by atoms with van der Waals surface area (Å²) in [7, 11) is 0. The predicted molar refractivity (Wildman–Crippen MR) is 64.7 cm³/mol. The molecule has 0 saturated heterocycles. The summed E-state index contributed by atoms with van der Waals surface area (Å²) in [6.07, 6.45) is 0.375. The Morgan fingerprint density at radius 1 is 1.71 bits per heavy atom. The molecular weight excluding hydrogens is 242 g/mol. The van der Waals surface area contributed by atoms with Crippen molar-refractivity contribution in [3.8, 4) is 0 Å². The quantitative estimate of drug-likeness (QED) is 0.509. The van der Waals surface area contributed by atoms with E-state index in [1.165, 1.54) is 0 Å². The van der Waals surface area contributed by atoms with Crippen molar-refractivity contribution in [2.24, 2.45) is 0 Å². The van der Waals surface area contributed by atoms with E-state index in [1.54, 1.807) is 19.2 Å². The standard InChI is InChI=1S/C12H14ClNO3/c1-4-17-12(16)8(3)10(15)9-5-7(2)6-14-11(9)13/h5-6,10,15H,3-4H2,1-2H3. The molecule has 4 nitrogen and oxygen atoms in total. The summed E-state index contributed by atoms with van der Waals surface area (Å²) < 4.78 is 4.75. The van der Waals surface area contributed by atoms with Crippen molar-refractivity contribution in [3.05, 3.63) is 40.7 Å². The number of rotatable bonds is 4. The minimum Gasteiger partial charge on any atom is -0.463 e. The molecule has 0 aliphatic heterocycles. The zero-order valence-electron chi connectivity index (χ0n) is 9.74. The molecule has 0 saturated carbocycles. The average molecular weight is 256 g/mol. The molecule has 0 amide bonds. The number of pyridine rings is 1. The SMILES string of the molecule is C=C(C(=O)OCC)C(O)c1cc(C)cnc1Cl. The average Bonchev–Trinajstić information content (AvgIpc) is 2.30. The Labute approximate surface area is 105 Å². The van der Waals surface area contributed by atoms with Gasteiger partial charge < -0.3 is 9.84 Å². The van der Waals surface area contributed by atoms with Crippen molar-refractivity contribution in [1.82, 2.24) is 4.98 Å². The number of carbonyl (C=O) groups is 1. The minimum absolute atomic E-state index is 0.0545. The minimum atomic E-state index is -1.20. The third-order valence-electron chi connectivity index (χ3n) is 2.17. The van der Waals surface area contributed by atoms with E-state index in [0.29, 0.717) is 5.56 Å². The first-order valence-electron chi connectivity index (χ1n) is 5.13. The van der Waals surface area contributed by atoms with Gasteiger partial charge in [0.25, 0.3) is 0 Å². The van der Waals surface area contributed by atoms with Crippen LogP contribution in [0, 0.1) is 6.92 Å². The lowest BCUT2D eigenvalue weighted by atomic mass is 10.0. The Bertz CT molecular complexity index is 445. The number of aryl methyl sites for hydroxylation is 1. The predicted octanol–water partition coefficient (Wildman–Crippen LogP) is 2.20. The summed E-state index contributed by atoms with van der Waals surface area (Å²) in [6.45, 7) is 7.23. The lowest BCUT2D eigenvalue weighted by molar-refractivity contribution is -0.139. The maximum atomic E-state index is 11.4. The second-order valence-corrected chi connectivity index (χ2v) is 3.90. The summed E-state index contributed by atoms with van der Waals surface area (Å²) in [5.74, 6) is -0.641. The number of esters is 1. The third kappa shape index (κ3) is 3.28. The highest BCUT2D eigenvalue weighted by Crippen LogP contribution is 2.27. The fraction of sp³-hybridized carbons (Fsp3) is 0.333. The highest BCUT2D eigenvalue weighted by atomic mass is 35.5. The van der Waals surface area contributed by atoms with Crippen molar-refractivity contribution in [2.45, 2.75) is 20.0 Å². The fourth-order valence-corrected chi connectivity index (χ4v) is 1.50. The van der Waals surface area contributed by atoms with Crippen LogP contribution < -0.4 is 0 Å². The van der Waals surface area contributed by atoms with Crippen LogP contribution in [0.15, 0.2) is 24.4 Å². The lowest BCUT2D eigenvalue weighted by Gasteiger charge is -2.14. The molecule has 1 unspecified atom stereocenters. The van der Waals surface area contributed by atoms with Gasteiger partial charge in [0.1, 0.15) is 11.3 Å². The number of carbonyl (C=O) groups excluding carboxylic acids is 1. The van der Waals surface area contributed by atoms with Crippen molar-refractivity contribution in [3.63, 3.8) is 0 Å². The number of hydrogen-bond acceptors (Lipinski definition) is 4. The Morgan fingerprint density at radius 3 is 2.94 bits per heavy atom. The highest BCUT2D eigenvalue weighted by molar-refractivity contribution is 6.30. The van der Waals surface area contributed by atoms with E-state index in [9.17, 15) is 9.90 Å². The molecule has 0 aliphatic carbocycles. The number of aromatic nitrogens is 1. The zero-order valence-corrected chi connectivity index (χ0v) is 10.5.